The summed E-state index contributed by atoms with van der Waals surface area (Å²) in [4.78, 5) is 15.8. The van der Waals surface area contributed by atoms with Gasteiger partial charge in [0, 0.05) is 29.5 Å². The van der Waals surface area contributed by atoms with Crippen LogP contribution in [-0.2, 0) is 4.74 Å². The summed E-state index contributed by atoms with van der Waals surface area (Å²) in [6.07, 6.45) is 0. The third kappa shape index (κ3) is 5.28. The Balaban J connectivity index is 1.60. The number of hydrogen-bond donors (Lipinski definition) is 2. The molecule has 1 aliphatic rings. The molecule has 8 nitrogen and oxygen atoms in total. The summed E-state index contributed by atoms with van der Waals surface area (Å²) >= 11 is 6.10. The molecule has 2 heterocycles. The van der Waals surface area contributed by atoms with E-state index in [9.17, 15) is 0 Å². The number of nitrogens with zero attached hydrogens (tertiary/aromatic N) is 4. The van der Waals surface area contributed by atoms with E-state index < -0.39 is 0 Å². The van der Waals surface area contributed by atoms with E-state index in [-0.39, 0.29) is 0 Å². The van der Waals surface area contributed by atoms with Gasteiger partial charge in [-0.3, -0.25) is 0 Å². The van der Waals surface area contributed by atoms with E-state index in [0.717, 1.165) is 30.2 Å². The summed E-state index contributed by atoms with van der Waals surface area (Å²) in [5.74, 6) is 2.28. The highest BCUT2D eigenvalue weighted by Gasteiger charge is 2.17. The fourth-order valence-corrected chi connectivity index (χ4v) is 3.20. The van der Waals surface area contributed by atoms with Gasteiger partial charge in [-0.15, -0.1) is 0 Å². The Hall–Kier alpha value is -3.10. The van der Waals surface area contributed by atoms with Crippen molar-refractivity contribution in [2.24, 2.45) is 0 Å². The predicted octanol–water partition coefficient (Wildman–Crippen LogP) is 4.25. The molecule has 2 aromatic carbocycles. The zero-order chi connectivity index (χ0) is 20.8. The molecule has 1 aliphatic heterocycles. The maximum absolute atomic E-state index is 6.10. The molecule has 0 aliphatic carbocycles. The highest BCUT2D eigenvalue weighted by atomic mass is 35.5. The maximum atomic E-state index is 6.10. The highest BCUT2D eigenvalue weighted by molar-refractivity contribution is 6.30. The zero-order valence-corrected chi connectivity index (χ0v) is 17.4. The highest BCUT2D eigenvalue weighted by Crippen LogP contribution is 2.23. The summed E-state index contributed by atoms with van der Waals surface area (Å²) < 4.78 is 10.9. The molecular formula is C21H23ClN6O2. The summed E-state index contributed by atoms with van der Waals surface area (Å²) in [6, 6.07) is 15.1. The number of hydrogen-bond acceptors (Lipinski definition) is 8. The van der Waals surface area contributed by atoms with Crippen LogP contribution in [0.3, 0.4) is 0 Å². The Morgan fingerprint density at radius 1 is 0.967 bits per heavy atom. The van der Waals surface area contributed by atoms with Crippen molar-refractivity contribution in [3.63, 3.8) is 0 Å². The van der Waals surface area contributed by atoms with Crippen molar-refractivity contribution in [2.75, 3.05) is 48.4 Å². The lowest BCUT2D eigenvalue weighted by molar-refractivity contribution is 0.122. The SMILES string of the molecule is CCOc1ccc(Nc2nc(Nc3cccc(Cl)c3)nc(N3CCOCC3)n2)cc1. The molecule has 0 unspecified atom stereocenters. The van der Waals surface area contributed by atoms with Crippen molar-refractivity contribution in [3.8, 4) is 5.75 Å². The first-order valence-electron chi connectivity index (χ1n) is 9.81. The van der Waals surface area contributed by atoms with E-state index >= 15 is 0 Å². The third-order valence-electron chi connectivity index (χ3n) is 4.42. The molecule has 1 saturated heterocycles. The zero-order valence-electron chi connectivity index (χ0n) is 16.6. The van der Waals surface area contributed by atoms with Crippen LogP contribution in [0.25, 0.3) is 0 Å². The number of aromatic nitrogens is 3. The fraction of sp³-hybridized carbons (Fsp3) is 0.286. The van der Waals surface area contributed by atoms with Gasteiger partial charge in [0.2, 0.25) is 17.8 Å². The van der Waals surface area contributed by atoms with Gasteiger partial charge in [0.1, 0.15) is 5.75 Å². The number of anilines is 5. The topological polar surface area (TPSA) is 84.4 Å². The smallest absolute Gasteiger partial charge is 0.233 e. The number of benzene rings is 2. The molecule has 0 bridgehead atoms. The number of ether oxygens (including phenoxy) is 2. The average Bonchev–Trinajstić information content (AvgIpc) is 2.76. The van der Waals surface area contributed by atoms with Gasteiger partial charge in [-0.25, -0.2) is 0 Å². The van der Waals surface area contributed by atoms with Crippen molar-refractivity contribution in [3.05, 3.63) is 53.6 Å². The molecular weight excluding hydrogens is 404 g/mol. The van der Waals surface area contributed by atoms with Gasteiger partial charge in [-0.1, -0.05) is 17.7 Å². The van der Waals surface area contributed by atoms with Gasteiger partial charge in [-0.05, 0) is 49.4 Å². The lowest BCUT2D eigenvalue weighted by atomic mass is 10.3. The average molecular weight is 427 g/mol. The Morgan fingerprint density at radius 2 is 1.67 bits per heavy atom. The molecule has 0 spiro atoms. The minimum absolute atomic E-state index is 0.433. The molecule has 4 rings (SSSR count). The number of morpholine rings is 1. The fourth-order valence-electron chi connectivity index (χ4n) is 3.01. The van der Waals surface area contributed by atoms with Gasteiger partial charge in [0.15, 0.2) is 0 Å². The van der Waals surface area contributed by atoms with E-state index in [4.69, 9.17) is 21.1 Å². The number of rotatable bonds is 7. The van der Waals surface area contributed by atoms with Crippen LogP contribution >= 0.6 is 11.6 Å². The van der Waals surface area contributed by atoms with Crippen LogP contribution in [0.15, 0.2) is 48.5 Å². The van der Waals surface area contributed by atoms with Gasteiger partial charge in [0.05, 0.1) is 19.8 Å². The summed E-state index contributed by atoms with van der Waals surface area (Å²) in [7, 11) is 0. The second-order valence-corrected chi connectivity index (χ2v) is 7.04. The van der Waals surface area contributed by atoms with Crippen molar-refractivity contribution in [2.45, 2.75) is 6.92 Å². The van der Waals surface area contributed by atoms with Crippen LogP contribution in [0.1, 0.15) is 6.92 Å². The van der Waals surface area contributed by atoms with Crippen molar-refractivity contribution in [1.29, 1.82) is 0 Å². The minimum Gasteiger partial charge on any atom is -0.494 e. The molecule has 3 aromatic rings. The van der Waals surface area contributed by atoms with Crippen LogP contribution in [0, 0.1) is 0 Å². The van der Waals surface area contributed by atoms with E-state index in [2.05, 4.69) is 30.5 Å². The predicted molar refractivity (Wildman–Crippen MR) is 118 cm³/mol. The third-order valence-corrected chi connectivity index (χ3v) is 4.65. The molecule has 2 N–H and O–H groups in total. The Labute approximate surface area is 180 Å². The molecule has 156 valence electrons. The monoisotopic (exact) mass is 426 g/mol. The standard InChI is InChI=1S/C21H23ClN6O2/c1-2-30-18-8-6-16(7-9-18)23-19-25-20(24-17-5-3-4-15(22)14-17)27-21(26-19)28-10-12-29-13-11-28/h3-9,14H,2,10-13H2,1H3,(H2,23,24,25,26,27). The Bertz CT molecular complexity index is 979. The van der Waals surface area contributed by atoms with Gasteiger partial charge >= 0.3 is 0 Å². The molecule has 0 saturated carbocycles. The first-order chi connectivity index (χ1) is 14.7. The first kappa shape index (κ1) is 20.2. The largest absolute Gasteiger partial charge is 0.494 e. The van der Waals surface area contributed by atoms with E-state index in [1.165, 1.54) is 0 Å². The molecule has 0 amide bonds. The molecule has 0 radical (unpaired) electrons. The summed E-state index contributed by atoms with van der Waals surface area (Å²) in [5, 5.41) is 7.09. The van der Waals surface area contributed by atoms with Crippen LogP contribution in [-0.4, -0.2) is 47.9 Å². The van der Waals surface area contributed by atoms with Gasteiger partial charge in [0.25, 0.3) is 0 Å². The second-order valence-electron chi connectivity index (χ2n) is 6.60. The van der Waals surface area contributed by atoms with Crippen LogP contribution in [0.2, 0.25) is 5.02 Å². The summed E-state index contributed by atoms with van der Waals surface area (Å²) in [6.45, 7) is 5.32. The number of nitrogens with one attached hydrogen (secondary N) is 2. The van der Waals surface area contributed by atoms with Crippen molar-refractivity contribution in [1.82, 2.24) is 15.0 Å². The van der Waals surface area contributed by atoms with E-state index in [0.29, 0.717) is 42.7 Å². The van der Waals surface area contributed by atoms with Crippen molar-refractivity contribution >= 4 is 40.8 Å². The van der Waals surface area contributed by atoms with E-state index in [1.807, 2.05) is 55.5 Å². The first-order valence-corrected chi connectivity index (χ1v) is 10.2. The second kappa shape index (κ2) is 9.60. The summed E-state index contributed by atoms with van der Waals surface area (Å²) in [5.41, 5.74) is 1.65. The quantitative estimate of drug-likeness (QED) is 0.580. The lowest BCUT2D eigenvalue weighted by Gasteiger charge is -2.27. The maximum Gasteiger partial charge on any atom is 0.233 e. The molecule has 1 fully saturated rings. The van der Waals surface area contributed by atoms with Crippen LogP contribution in [0.5, 0.6) is 5.75 Å². The molecule has 30 heavy (non-hydrogen) atoms. The molecule has 0 atom stereocenters. The lowest BCUT2D eigenvalue weighted by Crippen LogP contribution is -2.37. The van der Waals surface area contributed by atoms with Gasteiger partial charge in [-0.2, -0.15) is 15.0 Å². The minimum atomic E-state index is 0.433. The number of halogens is 1. The van der Waals surface area contributed by atoms with E-state index in [1.54, 1.807) is 0 Å². The molecule has 1 aromatic heterocycles. The Morgan fingerprint density at radius 3 is 2.33 bits per heavy atom. The van der Waals surface area contributed by atoms with Crippen molar-refractivity contribution < 1.29 is 9.47 Å². The van der Waals surface area contributed by atoms with Crippen LogP contribution < -0.4 is 20.3 Å². The van der Waals surface area contributed by atoms with Gasteiger partial charge < -0.3 is 25.0 Å². The normalized spacial score (nSPS) is 13.7. The van der Waals surface area contributed by atoms with Crippen LogP contribution in [0.4, 0.5) is 29.2 Å². The Kier molecular flexibility index (Phi) is 6.46. The molecule has 9 heteroatoms.